The molecule has 1 aliphatic rings. The molecule has 1 aliphatic carbocycles. The second-order valence-electron chi connectivity index (χ2n) is 6.00. The number of benzene rings is 1. The third kappa shape index (κ3) is 2.60. The molecule has 2 N–H and O–H groups in total. The van der Waals surface area contributed by atoms with E-state index in [1.807, 2.05) is 0 Å². The highest BCUT2D eigenvalue weighted by Gasteiger charge is 2.41. The van der Waals surface area contributed by atoms with Crippen molar-refractivity contribution < 1.29 is 0 Å². The summed E-state index contributed by atoms with van der Waals surface area (Å²) in [4.78, 5) is 2.36. The van der Waals surface area contributed by atoms with E-state index in [0.29, 0.717) is 0 Å². The maximum atomic E-state index is 6.54. The summed E-state index contributed by atoms with van der Waals surface area (Å²) in [7, 11) is 4.36. The first-order valence-corrected chi connectivity index (χ1v) is 7.03. The molecule has 1 saturated carbocycles. The molecule has 100 valence electrons. The van der Waals surface area contributed by atoms with Crippen LogP contribution < -0.4 is 5.73 Å². The molecule has 2 nitrogen and oxygen atoms in total. The summed E-state index contributed by atoms with van der Waals surface area (Å²) in [6.07, 6.45) is 6.11. The van der Waals surface area contributed by atoms with E-state index in [2.05, 4.69) is 50.2 Å². The summed E-state index contributed by atoms with van der Waals surface area (Å²) < 4.78 is 0. The molecule has 0 radical (unpaired) electrons. The first-order chi connectivity index (χ1) is 8.54. The van der Waals surface area contributed by atoms with Crippen molar-refractivity contribution in [2.24, 2.45) is 5.73 Å². The van der Waals surface area contributed by atoms with Crippen LogP contribution in [-0.4, -0.2) is 30.6 Å². The quantitative estimate of drug-likeness (QED) is 0.885. The highest BCUT2D eigenvalue weighted by Crippen LogP contribution is 2.36. The normalized spacial score (nSPS) is 20.3. The zero-order chi connectivity index (χ0) is 13.2. The first kappa shape index (κ1) is 13.6. The number of nitrogens with zero attached hydrogens (tertiary/aromatic N) is 1. The summed E-state index contributed by atoms with van der Waals surface area (Å²) in [6.45, 7) is 2.13. The van der Waals surface area contributed by atoms with Crippen LogP contribution in [0.1, 0.15) is 36.8 Å². The summed E-state index contributed by atoms with van der Waals surface area (Å²) in [5, 5.41) is 0. The predicted molar refractivity (Wildman–Crippen MR) is 77.7 cm³/mol. The van der Waals surface area contributed by atoms with Crippen molar-refractivity contribution in [1.82, 2.24) is 4.90 Å². The Morgan fingerprint density at radius 3 is 2.22 bits per heavy atom. The SMILES string of the molecule is Cc1ccc(CC(N)C2(N(C)C)CCCC2)cc1. The lowest BCUT2D eigenvalue weighted by Gasteiger charge is -2.41. The Morgan fingerprint density at radius 2 is 1.72 bits per heavy atom. The van der Waals surface area contributed by atoms with Gasteiger partial charge in [-0.1, -0.05) is 42.7 Å². The molecule has 0 aliphatic heterocycles. The third-order valence-corrected chi connectivity index (χ3v) is 4.63. The standard InChI is InChI=1S/C16H26N2/c1-13-6-8-14(9-7-13)12-15(17)16(18(2)3)10-4-5-11-16/h6-9,15H,4-5,10-12,17H2,1-3H3. The van der Waals surface area contributed by atoms with Crippen LogP contribution in [0.3, 0.4) is 0 Å². The van der Waals surface area contributed by atoms with E-state index in [1.54, 1.807) is 0 Å². The van der Waals surface area contributed by atoms with Crippen LogP contribution in [0.5, 0.6) is 0 Å². The van der Waals surface area contributed by atoms with Gasteiger partial charge in [0.2, 0.25) is 0 Å². The minimum absolute atomic E-state index is 0.213. The lowest BCUT2D eigenvalue weighted by Crippen LogP contribution is -2.56. The molecular weight excluding hydrogens is 220 g/mol. The fraction of sp³-hybridized carbons (Fsp3) is 0.625. The van der Waals surface area contributed by atoms with E-state index in [-0.39, 0.29) is 11.6 Å². The van der Waals surface area contributed by atoms with Crippen molar-refractivity contribution in [3.8, 4) is 0 Å². The molecule has 0 aromatic heterocycles. The van der Waals surface area contributed by atoms with Crippen molar-refractivity contribution >= 4 is 0 Å². The van der Waals surface area contributed by atoms with Crippen molar-refractivity contribution in [1.29, 1.82) is 0 Å². The Labute approximate surface area is 111 Å². The van der Waals surface area contributed by atoms with Gasteiger partial charge >= 0.3 is 0 Å². The maximum Gasteiger partial charge on any atom is 0.0357 e. The van der Waals surface area contributed by atoms with Crippen molar-refractivity contribution in [3.63, 3.8) is 0 Å². The molecule has 0 heterocycles. The van der Waals surface area contributed by atoms with Crippen LogP contribution in [-0.2, 0) is 6.42 Å². The van der Waals surface area contributed by atoms with E-state index in [4.69, 9.17) is 5.73 Å². The number of rotatable bonds is 4. The molecule has 1 unspecified atom stereocenters. The van der Waals surface area contributed by atoms with E-state index in [1.165, 1.54) is 36.8 Å². The average Bonchev–Trinajstić information content (AvgIpc) is 2.82. The van der Waals surface area contributed by atoms with Gasteiger partial charge in [-0.15, -0.1) is 0 Å². The molecule has 1 aromatic carbocycles. The second kappa shape index (κ2) is 5.41. The molecule has 0 bridgehead atoms. The van der Waals surface area contributed by atoms with Gasteiger partial charge in [0, 0.05) is 11.6 Å². The Morgan fingerprint density at radius 1 is 1.17 bits per heavy atom. The van der Waals surface area contributed by atoms with Gasteiger partial charge in [0.25, 0.3) is 0 Å². The van der Waals surface area contributed by atoms with Crippen LogP contribution in [0.2, 0.25) is 0 Å². The first-order valence-electron chi connectivity index (χ1n) is 7.03. The lowest BCUT2D eigenvalue weighted by atomic mass is 9.83. The van der Waals surface area contributed by atoms with Crippen LogP contribution in [0.25, 0.3) is 0 Å². The molecule has 2 heteroatoms. The number of hydrogen-bond donors (Lipinski definition) is 1. The van der Waals surface area contributed by atoms with Gasteiger partial charge in [-0.25, -0.2) is 0 Å². The van der Waals surface area contributed by atoms with Crippen molar-refractivity contribution in [2.45, 2.75) is 50.6 Å². The highest BCUT2D eigenvalue weighted by molar-refractivity contribution is 5.23. The lowest BCUT2D eigenvalue weighted by molar-refractivity contribution is 0.123. The van der Waals surface area contributed by atoms with E-state index in [9.17, 15) is 0 Å². The maximum absolute atomic E-state index is 6.54. The summed E-state index contributed by atoms with van der Waals surface area (Å²) in [6, 6.07) is 9.02. The molecule has 1 aromatic rings. The van der Waals surface area contributed by atoms with Gasteiger partial charge in [0.15, 0.2) is 0 Å². The Bertz CT molecular complexity index is 375. The monoisotopic (exact) mass is 246 g/mol. The van der Waals surface area contributed by atoms with E-state index >= 15 is 0 Å². The fourth-order valence-electron chi connectivity index (χ4n) is 3.30. The van der Waals surface area contributed by atoms with Gasteiger partial charge in [-0.3, -0.25) is 0 Å². The van der Waals surface area contributed by atoms with Gasteiger partial charge in [-0.2, -0.15) is 0 Å². The molecular formula is C16H26N2. The Hall–Kier alpha value is -0.860. The molecule has 0 spiro atoms. The number of likely N-dealkylation sites (N-methyl/N-ethyl adjacent to an activating group) is 1. The molecule has 1 fully saturated rings. The molecule has 1 atom stereocenters. The summed E-state index contributed by atoms with van der Waals surface area (Å²) >= 11 is 0. The predicted octanol–water partition coefficient (Wildman–Crippen LogP) is 2.74. The third-order valence-electron chi connectivity index (χ3n) is 4.63. The smallest absolute Gasteiger partial charge is 0.0357 e. The van der Waals surface area contributed by atoms with E-state index < -0.39 is 0 Å². The van der Waals surface area contributed by atoms with Crippen LogP contribution in [0, 0.1) is 6.92 Å². The highest BCUT2D eigenvalue weighted by atomic mass is 15.2. The van der Waals surface area contributed by atoms with Crippen LogP contribution in [0.4, 0.5) is 0 Å². The molecule has 0 amide bonds. The second-order valence-corrected chi connectivity index (χ2v) is 6.00. The number of nitrogens with two attached hydrogens (primary N) is 1. The zero-order valence-electron chi connectivity index (χ0n) is 11.9. The summed E-state index contributed by atoms with van der Waals surface area (Å²) in [5.41, 5.74) is 9.43. The minimum Gasteiger partial charge on any atom is -0.326 e. The molecule has 2 rings (SSSR count). The van der Waals surface area contributed by atoms with Crippen molar-refractivity contribution in [3.05, 3.63) is 35.4 Å². The fourth-order valence-corrected chi connectivity index (χ4v) is 3.30. The van der Waals surface area contributed by atoms with Gasteiger partial charge < -0.3 is 10.6 Å². The Kier molecular flexibility index (Phi) is 4.08. The van der Waals surface area contributed by atoms with Crippen LogP contribution in [0.15, 0.2) is 24.3 Å². The molecule has 18 heavy (non-hydrogen) atoms. The topological polar surface area (TPSA) is 29.3 Å². The average molecular weight is 246 g/mol. The van der Waals surface area contributed by atoms with Crippen molar-refractivity contribution in [2.75, 3.05) is 14.1 Å². The van der Waals surface area contributed by atoms with Gasteiger partial charge in [0.1, 0.15) is 0 Å². The Balaban J connectivity index is 2.10. The molecule has 0 saturated heterocycles. The van der Waals surface area contributed by atoms with E-state index in [0.717, 1.165) is 6.42 Å². The van der Waals surface area contributed by atoms with Gasteiger partial charge in [0.05, 0.1) is 0 Å². The number of aryl methyl sites for hydroxylation is 1. The van der Waals surface area contributed by atoms with Crippen LogP contribution >= 0.6 is 0 Å². The number of hydrogen-bond acceptors (Lipinski definition) is 2. The zero-order valence-corrected chi connectivity index (χ0v) is 11.9. The minimum atomic E-state index is 0.213. The largest absolute Gasteiger partial charge is 0.326 e. The van der Waals surface area contributed by atoms with Gasteiger partial charge in [-0.05, 0) is 45.8 Å². The summed E-state index contributed by atoms with van der Waals surface area (Å²) in [5.74, 6) is 0.